The van der Waals surface area contributed by atoms with Gasteiger partial charge in [-0.3, -0.25) is 0 Å². The Morgan fingerprint density at radius 3 is 2.67 bits per heavy atom. The Balaban J connectivity index is 1.91. The molecule has 0 radical (unpaired) electrons. The van der Waals surface area contributed by atoms with Crippen LogP contribution in [-0.2, 0) is 4.74 Å². The summed E-state index contributed by atoms with van der Waals surface area (Å²) < 4.78 is 6.00. The molecule has 0 spiro atoms. The van der Waals surface area contributed by atoms with Crippen LogP contribution in [0.25, 0.3) is 0 Å². The number of nitrogens with one attached hydrogen (secondary N) is 1. The lowest BCUT2D eigenvalue weighted by atomic mass is 9.82. The molecule has 2 atom stereocenters. The Labute approximate surface area is 92.2 Å². The second kappa shape index (κ2) is 4.04. The molecule has 0 aromatic heterocycles. The van der Waals surface area contributed by atoms with Crippen molar-refractivity contribution in [2.24, 2.45) is 5.41 Å². The maximum Gasteiger partial charge on any atom is 0.0631 e. The molecular formula is C12H23NO2. The number of hydrogen-bond donors (Lipinski definition) is 2. The molecule has 0 aromatic carbocycles. The van der Waals surface area contributed by atoms with E-state index in [1.165, 1.54) is 0 Å². The Morgan fingerprint density at radius 1 is 1.40 bits per heavy atom. The summed E-state index contributed by atoms with van der Waals surface area (Å²) in [6.45, 7) is 6.60. The second-order valence-electron chi connectivity index (χ2n) is 5.83. The Hall–Kier alpha value is -0.120. The fourth-order valence-electron chi connectivity index (χ4n) is 2.87. The third kappa shape index (κ3) is 2.52. The Bertz CT molecular complexity index is 222. The Morgan fingerprint density at radius 2 is 2.20 bits per heavy atom. The van der Waals surface area contributed by atoms with Crippen molar-refractivity contribution >= 4 is 0 Å². The minimum Gasteiger partial charge on any atom is -0.396 e. The summed E-state index contributed by atoms with van der Waals surface area (Å²) in [4.78, 5) is 0. The van der Waals surface area contributed by atoms with E-state index in [2.05, 4.69) is 19.2 Å². The first-order valence-electron chi connectivity index (χ1n) is 6.05. The summed E-state index contributed by atoms with van der Waals surface area (Å²) >= 11 is 0. The zero-order valence-electron chi connectivity index (χ0n) is 9.88. The minimum atomic E-state index is 0.0490. The second-order valence-corrected chi connectivity index (χ2v) is 5.83. The van der Waals surface area contributed by atoms with Gasteiger partial charge in [0.25, 0.3) is 0 Å². The highest BCUT2D eigenvalue weighted by Gasteiger charge is 2.40. The van der Waals surface area contributed by atoms with E-state index in [9.17, 15) is 5.11 Å². The molecule has 0 aromatic rings. The van der Waals surface area contributed by atoms with Crippen LogP contribution in [0.2, 0.25) is 0 Å². The predicted molar refractivity (Wildman–Crippen MR) is 59.8 cm³/mol. The molecule has 3 nitrogen and oxygen atoms in total. The van der Waals surface area contributed by atoms with E-state index in [1.807, 2.05) is 0 Å². The summed E-state index contributed by atoms with van der Waals surface area (Å²) in [6.07, 6.45) is 4.75. The summed E-state index contributed by atoms with van der Waals surface area (Å²) in [6, 6.07) is 0. The molecule has 0 saturated carbocycles. The first-order chi connectivity index (χ1) is 7.05. The molecule has 2 N–H and O–H groups in total. The third-order valence-electron chi connectivity index (χ3n) is 3.88. The zero-order chi connectivity index (χ0) is 10.9. The van der Waals surface area contributed by atoms with Crippen molar-refractivity contribution in [2.75, 3.05) is 19.7 Å². The van der Waals surface area contributed by atoms with Crippen molar-refractivity contribution in [3.8, 4) is 0 Å². The zero-order valence-corrected chi connectivity index (χ0v) is 9.88. The third-order valence-corrected chi connectivity index (χ3v) is 3.88. The molecule has 2 aliphatic rings. The Kier molecular flexibility index (Phi) is 3.06. The summed E-state index contributed by atoms with van der Waals surface area (Å²) in [5, 5.41) is 12.9. The van der Waals surface area contributed by atoms with E-state index in [0.717, 1.165) is 38.8 Å². The molecule has 0 amide bonds. The van der Waals surface area contributed by atoms with Crippen LogP contribution in [0.4, 0.5) is 0 Å². The van der Waals surface area contributed by atoms with E-state index in [0.29, 0.717) is 12.7 Å². The smallest absolute Gasteiger partial charge is 0.0631 e. The van der Waals surface area contributed by atoms with Gasteiger partial charge in [0.1, 0.15) is 0 Å². The number of aliphatic hydroxyl groups is 1. The van der Waals surface area contributed by atoms with E-state index in [1.54, 1.807) is 0 Å². The number of ether oxygens (including phenoxy) is 1. The van der Waals surface area contributed by atoms with Gasteiger partial charge in [-0.1, -0.05) is 0 Å². The fourth-order valence-corrected chi connectivity index (χ4v) is 2.87. The van der Waals surface area contributed by atoms with Crippen LogP contribution in [0.3, 0.4) is 0 Å². The maximum atomic E-state index is 9.51. The average Bonchev–Trinajstić information content (AvgIpc) is 2.75. The van der Waals surface area contributed by atoms with Gasteiger partial charge in [-0.05, 0) is 46.1 Å². The van der Waals surface area contributed by atoms with Gasteiger partial charge in [-0.15, -0.1) is 0 Å². The van der Waals surface area contributed by atoms with E-state index >= 15 is 0 Å². The van der Waals surface area contributed by atoms with Crippen LogP contribution in [-0.4, -0.2) is 36.5 Å². The highest BCUT2D eigenvalue weighted by Crippen LogP contribution is 2.38. The molecule has 88 valence electrons. The molecular weight excluding hydrogens is 190 g/mol. The maximum absolute atomic E-state index is 9.51. The van der Waals surface area contributed by atoms with Gasteiger partial charge in [0.15, 0.2) is 0 Å². The van der Waals surface area contributed by atoms with Crippen molar-refractivity contribution in [3.63, 3.8) is 0 Å². The largest absolute Gasteiger partial charge is 0.396 e. The summed E-state index contributed by atoms with van der Waals surface area (Å²) in [5.74, 6) is 0. The van der Waals surface area contributed by atoms with E-state index in [4.69, 9.17) is 4.74 Å². The lowest BCUT2D eigenvalue weighted by molar-refractivity contribution is -0.0406. The molecule has 0 bridgehead atoms. The highest BCUT2D eigenvalue weighted by molar-refractivity contribution is 4.92. The van der Waals surface area contributed by atoms with Crippen molar-refractivity contribution in [1.82, 2.24) is 5.32 Å². The molecule has 15 heavy (non-hydrogen) atoms. The van der Waals surface area contributed by atoms with Crippen LogP contribution in [0.5, 0.6) is 0 Å². The molecule has 0 aliphatic carbocycles. The number of hydrogen-bond acceptors (Lipinski definition) is 3. The van der Waals surface area contributed by atoms with Crippen molar-refractivity contribution in [2.45, 2.75) is 51.2 Å². The van der Waals surface area contributed by atoms with E-state index in [-0.39, 0.29) is 11.0 Å². The van der Waals surface area contributed by atoms with Gasteiger partial charge in [0.2, 0.25) is 0 Å². The van der Waals surface area contributed by atoms with Crippen LogP contribution in [0.1, 0.15) is 39.5 Å². The van der Waals surface area contributed by atoms with Crippen LogP contribution < -0.4 is 5.32 Å². The quantitative estimate of drug-likeness (QED) is 0.742. The summed E-state index contributed by atoms with van der Waals surface area (Å²) in [7, 11) is 0. The molecule has 3 heteroatoms. The van der Waals surface area contributed by atoms with Crippen LogP contribution >= 0.6 is 0 Å². The van der Waals surface area contributed by atoms with E-state index < -0.39 is 0 Å². The molecule has 2 unspecified atom stereocenters. The number of rotatable bonds is 3. The molecule has 2 saturated heterocycles. The van der Waals surface area contributed by atoms with Crippen LogP contribution in [0.15, 0.2) is 0 Å². The standard InChI is InChI=1S/C12H23NO2/c1-11(2)4-3-10(15-11)7-12(9-14)5-6-13-8-12/h10,13-14H,3-9H2,1-2H3. The normalized spacial score (nSPS) is 39.8. The van der Waals surface area contributed by atoms with Crippen molar-refractivity contribution in [1.29, 1.82) is 0 Å². The molecule has 2 rings (SSSR count). The highest BCUT2D eigenvalue weighted by atomic mass is 16.5. The van der Waals surface area contributed by atoms with Gasteiger partial charge < -0.3 is 15.2 Å². The number of aliphatic hydroxyl groups excluding tert-OH is 1. The lowest BCUT2D eigenvalue weighted by Gasteiger charge is -2.29. The first-order valence-corrected chi connectivity index (χ1v) is 6.05. The molecule has 2 heterocycles. The van der Waals surface area contributed by atoms with Gasteiger partial charge in [0.05, 0.1) is 18.3 Å². The lowest BCUT2D eigenvalue weighted by Crippen LogP contribution is -2.33. The van der Waals surface area contributed by atoms with Gasteiger partial charge in [-0.25, -0.2) is 0 Å². The average molecular weight is 213 g/mol. The monoisotopic (exact) mass is 213 g/mol. The molecule has 2 aliphatic heterocycles. The topological polar surface area (TPSA) is 41.5 Å². The van der Waals surface area contributed by atoms with Gasteiger partial charge in [-0.2, -0.15) is 0 Å². The fraction of sp³-hybridized carbons (Fsp3) is 1.00. The summed E-state index contributed by atoms with van der Waals surface area (Å²) in [5.41, 5.74) is 0.137. The van der Waals surface area contributed by atoms with Crippen LogP contribution in [0, 0.1) is 5.41 Å². The van der Waals surface area contributed by atoms with Crippen molar-refractivity contribution < 1.29 is 9.84 Å². The van der Waals surface area contributed by atoms with Gasteiger partial charge in [0, 0.05) is 12.0 Å². The minimum absolute atomic E-state index is 0.0490. The first kappa shape index (κ1) is 11.4. The predicted octanol–water partition coefficient (Wildman–Crippen LogP) is 1.31. The molecule has 2 fully saturated rings. The van der Waals surface area contributed by atoms with Crippen molar-refractivity contribution in [3.05, 3.63) is 0 Å². The van der Waals surface area contributed by atoms with Gasteiger partial charge >= 0.3 is 0 Å². The SMILES string of the molecule is CC1(C)CCC(CC2(CO)CCNC2)O1.